The van der Waals surface area contributed by atoms with Gasteiger partial charge in [0.2, 0.25) is 5.82 Å². The van der Waals surface area contributed by atoms with E-state index >= 15 is 0 Å². The van der Waals surface area contributed by atoms with Crippen molar-refractivity contribution in [2.45, 2.75) is 32.9 Å². The molecule has 0 saturated carbocycles. The number of aliphatic hydroxyl groups excluding tert-OH is 1. The fraction of sp³-hybridized carbons (Fsp3) is 0.381. The zero-order chi connectivity index (χ0) is 22.0. The lowest BCUT2D eigenvalue weighted by molar-refractivity contribution is 0.102. The molecule has 4 rings (SSSR count). The summed E-state index contributed by atoms with van der Waals surface area (Å²) in [5.74, 6) is -0.502. The topological polar surface area (TPSA) is 109 Å². The van der Waals surface area contributed by atoms with Crippen molar-refractivity contribution in [3.05, 3.63) is 52.8 Å². The molecule has 2 N–H and O–H groups in total. The van der Waals surface area contributed by atoms with E-state index in [9.17, 15) is 14.3 Å². The minimum Gasteiger partial charge on any atom is -0.394 e. The number of anilines is 1. The lowest BCUT2D eigenvalue weighted by atomic mass is 9.96. The van der Waals surface area contributed by atoms with Gasteiger partial charge in [0, 0.05) is 13.1 Å². The summed E-state index contributed by atoms with van der Waals surface area (Å²) in [6.07, 6.45) is 0.770. The summed E-state index contributed by atoms with van der Waals surface area (Å²) in [4.78, 5) is 19.5. The zero-order valence-corrected chi connectivity index (χ0v) is 17.4. The molecule has 1 aliphatic rings. The van der Waals surface area contributed by atoms with Crippen molar-refractivity contribution in [2.24, 2.45) is 0 Å². The maximum Gasteiger partial charge on any atom is 0.259 e. The highest BCUT2D eigenvalue weighted by atomic mass is 19.1. The van der Waals surface area contributed by atoms with Crippen LogP contribution in [0.15, 0.2) is 30.3 Å². The van der Waals surface area contributed by atoms with E-state index in [4.69, 9.17) is 0 Å². The fourth-order valence-electron chi connectivity index (χ4n) is 3.63. The molecule has 0 spiro atoms. The summed E-state index contributed by atoms with van der Waals surface area (Å²) >= 11 is 0. The van der Waals surface area contributed by atoms with Gasteiger partial charge in [-0.25, -0.2) is 14.1 Å². The van der Waals surface area contributed by atoms with Gasteiger partial charge in [-0.3, -0.25) is 9.69 Å². The van der Waals surface area contributed by atoms with Crippen LogP contribution < -0.4 is 5.32 Å². The Morgan fingerprint density at radius 1 is 1.32 bits per heavy atom. The van der Waals surface area contributed by atoms with Crippen molar-refractivity contribution in [3.8, 4) is 11.5 Å². The van der Waals surface area contributed by atoms with Gasteiger partial charge in [-0.2, -0.15) is 0 Å². The Balaban J connectivity index is 1.58. The predicted molar refractivity (Wildman–Crippen MR) is 112 cm³/mol. The Hall–Kier alpha value is -3.24. The molecule has 9 nitrogen and oxygen atoms in total. The van der Waals surface area contributed by atoms with E-state index < -0.39 is 11.7 Å². The largest absolute Gasteiger partial charge is 0.394 e. The summed E-state index contributed by atoms with van der Waals surface area (Å²) < 4.78 is 16.1. The summed E-state index contributed by atoms with van der Waals surface area (Å²) in [5.41, 5.74) is 2.33. The van der Waals surface area contributed by atoms with E-state index in [0.717, 1.165) is 30.6 Å². The Kier molecular flexibility index (Phi) is 6.01. The second-order valence-electron chi connectivity index (χ2n) is 7.56. The fourth-order valence-corrected chi connectivity index (χ4v) is 3.63. The molecule has 2 aromatic heterocycles. The van der Waals surface area contributed by atoms with Crippen LogP contribution in [0.25, 0.3) is 11.5 Å². The number of nitrogens with zero attached hydrogens (tertiary/aromatic N) is 6. The van der Waals surface area contributed by atoms with Crippen LogP contribution in [0.4, 0.5) is 10.2 Å². The first-order valence-electron chi connectivity index (χ1n) is 10.2. The number of fused-ring (bicyclic) bond motifs is 1. The Bertz CT molecular complexity index is 1100. The van der Waals surface area contributed by atoms with Crippen LogP contribution in [-0.2, 0) is 13.0 Å². The first-order valence-corrected chi connectivity index (χ1v) is 10.2. The van der Waals surface area contributed by atoms with E-state index in [1.54, 1.807) is 31.2 Å². The van der Waals surface area contributed by atoms with E-state index in [1.807, 2.05) is 0 Å². The van der Waals surface area contributed by atoms with E-state index in [0.29, 0.717) is 18.1 Å². The molecule has 0 saturated heterocycles. The van der Waals surface area contributed by atoms with E-state index in [2.05, 4.69) is 37.6 Å². The summed E-state index contributed by atoms with van der Waals surface area (Å²) in [7, 11) is 0. The zero-order valence-electron chi connectivity index (χ0n) is 17.4. The van der Waals surface area contributed by atoms with Crippen LogP contribution in [-0.4, -0.2) is 60.8 Å². The quantitative estimate of drug-likeness (QED) is 0.622. The molecular weight excluding hydrogens is 401 g/mol. The third-order valence-electron chi connectivity index (χ3n) is 5.47. The Morgan fingerprint density at radius 3 is 2.94 bits per heavy atom. The number of hydrogen-bond acceptors (Lipinski definition) is 7. The van der Waals surface area contributed by atoms with Gasteiger partial charge in [0.1, 0.15) is 17.3 Å². The third kappa shape index (κ3) is 4.30. The molecule has 1 amide bonds. The second kappa shape index (κ2) is 8.86. The second-order valence-corrected chi connectivity index (χ2v) is 7.56. The molecule has 1 aliphatic heterocycles. The van der Waals surface area contributed by atoms with Gasteiger partial charge in [0.25, 0.3) is 5.91 Å². The van der Waals surface area contributed by atoms with Gasteiger partial charge in [0.15, 0.2) is 0 Å². The Labute approximate surface area is 178 Å². The van der Waals surface area contributed by atoms with Crippen LogP contribution in [0, 0.1) is 5.82 Å². The molecule has 0 radical (unpaired) electrons. The number of tetrazole rings is 1. The van der Waals surface area contributed by atoms with Crippen LogP contribution in [0.2, 0.25) is 0 Å². The van der Waals surface area contributed by atoms with Crippen molar-refractivity contribution < 1.29 is 14.3 Å². The number of amides is 1. The number of hydrogen-bond donors (Lipinski definition) is 2. The van der Waals surface area contributed by atoms with Gasteiger partial charge < -0.3 is 10.4 Å². The average Bonchev–Trinajstić information content (AvgIpc) is 3.28. The minimum absolute atomic E-state index is 0.0114. The van der Waals surface area contributed by atoms with Crippen LogP contribution in [0.3, 0.4) is 0 Å². The van der Waals surface area contributed by atoms with Crippen molar-refractivity contribution in [3.63, 3.8) is 0 Å². The van der Waals surface area contributed by atoms with Crippen LogP contribution >= 0.6 is 0 Å². The lowest BCUT2D eigenvalue weighted by Crippen LogP contribution is -2.30. The molecule has 0 fully saturated rings. The van der Waals surface area contributed by atoms with E-state index in [-0.39, 0.29) is 24.0 Å². The first kappa shape index (κ1) is 21.0. The first-order chi connectivity index (χ1) is 15.0. The number of halogens is 1. The third-order valence-corrected chi connectivity index (χ3v) is 5.47. The maximum absolute atomic E-state index is 14.6. The van der Waals surface area contributed by atoms with Crippen LogP contribution in [0.1, 0.15) is 41.4 Å². The van der Waals surface area contributed by atoms with Crippen molar-refractivity contribution in [1.82, 2.24) is 30.1 Å². The number of likely N-dealkylation sites (N-methyl/N-ethyl adjacent to an activating group) is 1. The monoisotopic (exact) mass is 425 g/mol. The number of pyridine rings is 1. The highest BCUT2D eigenvalue weighted by Crippen LogP contribution is 2.24. The average molecular weight is 425 g/mol. The summed E-state index contributed by atoms with van der Waals surface area (Å²) in [5, 5.41) is 23.5. The molecule has 162 valence electrons. The van der Waals surface area contributed by atoms with Gasteiger partial charge >= 0.3 is 0 Å². The molecule has 10 heteroatoms. The molecule has 31 heavy (non-hydrogen) atoms. The highest BCUT2D eigenvalue weighted by molar-refractivity contribution is 6.04. The molecule has 3 aromatic rings. The SMILES string of the molecule is CCN1CCc2cc(F)c(C(=O)Nc3cccc(-c4nnnn4[C@H](C)CO)n3)cc2C1. The molecule has 0 aliphatic carbocycles. The van der Waals surface area contributed by atoms with Crippen molar-refractivity contribution in [2.75, 3.05) is 25.0 Å². The summed E-state index contributed by atoms with van der Waals surface area (Å²) in [6.45, 7) is 6.21. The van der Waals surface area contributed by atoms with E-state index in [1.165, 1.54) is 10.7 Å². The van der Waals surface area contributed by atoms with Crippen molar-refractivity contribution in [1.29, 1.82) is 0 Å². The van der Waals surface area contributed by atoms with Crippen LogP contribution in [0.5, 0.6) is 0 Å². The van der Waals surface area contributed by atoms with Gasteiger partial charge in [-0.1, -0.05) is 13.0 Å². The molecular formula is C21H24FN7O2. The molecule has 1 aromatic carbocycles. The predicted octanol–water partition coefficient (Wildman–Crippen LogP) is 2.06. The van der Waals surface area contributed by atoms with Gasteiger partial charge in [-0.05, 0) is 65.7 Å². The number of carbonyl (C=O) groups excluding carboxylic acids is 1. The smallest absolute Gasteiger partial charge is 0.259 e. The Morgan fingerprint density at radius 2 is 2.16 bits per heavy atom. The highest BCUT2D eigenvalue weighted by Gasteiger charge is 2.21. The lowest BCUT2D eigenvalue weighted by Gasteiger charge is -2.28. The molecule has 1 atom stereocenters. The number of nitrogens with one attached hydrogen (secondary N) is 1. The number of aromatic nitrogens is 5. The number of benzene rings is 1. The molecule has 0 bridgehead atoms. The maximum atomic E-state index is 14.6. The summed E-state index contributed by atoms with van der Waals surface area (Å²) in [6, 6.07) is 7.77. The van der Waals surface area contributed by atoms with Crippen molar-refractivity contribution >= 4 is 11.7 Å². The normalized spacial score (nSPS) is 14.8. The van der Waals surface area contributed by atoms with Gasteiger partial charge in [-0.15, -0.1) is 5.10 Å². The molecule has 0 unspecified atom stereocenters. The number of carbonyl (C=O) groups is 1. The molecule has 3 heterocycles. The minimum atomic E-state index is -0.568. The number of aliphatic hydroxyl groups is 1. The van der Waals surface area contributed by atoms with Gasteiger partial charge in [0.05, 0.1) is 18.2 Å². The standard InChI is InChI=1S/C21H24FN7O2/c1-3-28-8-7-14-10-17(22)16(9-15(14)11-28)21(31)24-19-6-4-5-18(23-19)20-25-26-27-29(20)13(2)12-30/h4-6,9-10,13,30H,3,7-8,11-12H2,1-2H3,(H,23,24,31)/t13-/m1/s1. The number of rotatable bonds is 6.